The van der Waals surface area contributed by atoms with Gasteiger partial charge in [-0.25, -0.2) is 0 Å². The van der Waals surface area contributed by atoms with E-state index >= 15 is 0 Å². The SMILES string of the molecule is COCCCC1CCO1. The highest BCUT2D eigenvalue weighted by Gasteiger charge is 2.16. The first-order chi connectivity index (χ1) is 4.43. The standard InChI is InChI=1S/C7H14O2/c1-8-5-2-3-7-4-6-9-7/h7H,2-6H2,1H3. The number of rotatable bonds is 4. The van der Waals surface area contributed by atoms with Crippen molar-refractivity contribution in [1.29, 1.82) is 0 Å². The Morgan fingerprint density at radius 1 is 1.67 bits per heavy atom. The van der Waals surface area contributed by atoms with Gasteiger partial charge in [-0.3, -0.25) is 0 Å². The van der Waals surface area contributed by atoms with Crippen LogP contribution in [-0.2, 0) is 9.47 Å². The summed E-state index contributed by atoms with van der Waals surface area (Å²) in [5, 5.41) is 0. The fourth-order valence-electron chi connectivity index (χ4n) is 0.968. The summed E-state index contributed by atoms with van der Waals surface area (Å²) in [5.74, 6) is 0. The first-order valence-corrected chi connectivity index (χ1v) is 3.54. The molecule has 0 saturated carbocycles. The summed E-state index contributed by atoms with van der Waals surface area (Å²) in [6.45, 7) is 1.84. The van der Waals surface area contributed by atoms with Gasteiger partial charge in [-0.2, -0.15) is 0 Å². The molecule has 1 fully saturated rings. The van der Waals surface area contributed by atoms with E-state index in [0.29, 0.717) is 6.10 Å². The van der Waals surface area contributed by atoms with Crippen LogP contribution in [-0.4, -0.2) is 26.4 Å². The van der Waals surface area contributed by atoms with Gasteiger partial charge in [-0.1, -0.05) is 0 Å². The van der Waals surface area contributed by atoms with Crippen LogP contribution in [0.2, 0.25) is 0 Å². The van der Waals surface area contributed by atoms with Crippen molar-refractivity contribution in [2.45, 2.75) is 25.4 Å². The molecule has 1 unspecified atom stereocenters. The fourth-order valence-corrected chi connectivity index (χ4v) is 0.968. The molecule has 1 aliphatic rings. The molecule has 0 amide bonds. The zero-order chi connectivity index (χ0) is 6.53. The minimum atomic E-state index is 0.556. The lowest BCUT2D eigenvalue weighted by molar-refractivity contribution is -0.0575. The summed E-state index contributed by atoms with van der Waals surface area (Å²) in [7, 11) is 1.74. The first-order valence-electron chi connectivity index (χ1n) is 3.54. The van der Waals surface area contributed by atoms with Crippen LogP contribution in [0.3, 0.4) is 0 Å². The van der Waals surface area contributed by atoms with Crippen molar-refractivity contribution in [3.8, 4) is 0 Å². The molecule has 0 N–H and O–H groups in total. The summed E-state index contributed by atoms with van der Waals surface area (Å²) in [6.07, 6.45) is 4.12. The molecule has 0 spiro atoms. The third-order valence-corrected chi connectivity index (χ3v) is 1.67. The normalized spacial score (nSPS) is 25.7. The van der Waals surface area contributed by atoms with Gasteiger partial charge in [0.05, 0.1) is 6.10 Å². The second kappa shape index (κ2) is 3.85. The van der Waals surface area contributed by atoms with E-state index in [9.17, 15) is 0 Å². The van der Waals surface area contributed by atoms with Gasteiger partial charge in [-0.15, -0.1) is 0 Å². The van der Waals surface area contributed by atoms with E-state index < -0.39 is 0 Å². The predicted octanol–water partition coefficient (Wildman–Crippen LogP) is 1.20. The molecule has 9 heavy (non-hydrogen) atoms. The third-order valence-electron chi connectivity index (χ3n) is 1.67. The second-order valence-corrected chi connectivity index (χ2v) is 2.42. The molecule has 2 nitrogen and oxygen atoms in total. The van der Waals surface area contributed by atoms with E-state index in [1.54, 1.807) is 7.11 Å². The molecule has 1 saturated heterocycles. The quantitative estimate of drug-likeness (QED) is 0.532. The van der Waals surface area contributed by atoms with Crippen LogP contribution in [0.25, 0.3) is 0 Å². The van der Waals surface area contributed by atoms with Gasteiger partial charge in [0.25, 0.3) is 0 Å². The molecule has 1 rings (SSSR count). The summed E-state index contributed by atoms with van der Waals surface area (Å²) in [4.78, 5) is 0. The maximum Gasteiger partial charge on any atom is 0.0598 e. The fraction of sp³-hybridized carbons (Fsp3) is 1.00. The predicted molar refractivity (Wildman–Crippen MR) is 35.5 cm³/mol. The lowest BCUT2D eigenvalue weighted by atomic mass is 10.1. The summed E-state index contributed by atoms with van der Waals surface area (Å²) < 4.78 is 10.1. The summed E-state index contributed by atoms with van der Waals surface area (Å²) in [5.41, 5.74) is 0. The monoisotopic (exact) mass is 130 g/mol. The zero-order valence-electron chi connectivity index (χ0n) is 5.93. The smallest absolute Gasteiger partial charge is 0.0598 e. The van der Waals surface area contributed by atoms with Gasteiger partial charge < -0.3 is 9.47 Å². The van der Waals surface area contributed by atoms with Crippen molar-refractivity contribution in [2.75, 3.05) is 20.3 Å². The number of methoxy groups -OCH3 is 1. The maximum absolute atomic E-state index is 5.22. The van der Waals surface area contributed by atoms with Crippen LogP contribution in [0.1, 0.15) is 19.3 Å². The van der Waals surface area contributed by atoms with Crippen LogP contribution in [0, 0.1) is 0 Å². The molecule has 0 aromatic heterocycles. The molecule has 1 heterocycles. The van der Waals surface area contributed by atoms with Crippen molar-refractivity contribution in [2.24, 2.45) is 0 Å². The Bertz CT molecular complexity index is 69.3. The van der Waals surface area contributed by atoms with Crippen molar-refractivity contribution in [3.05, 3.63) is 0 Å². The minimum Gasteiger partial charge on any atom is -0.385 e. The Labute approximate surface area is 56.2 Å². The molecule has 2 heteroatoms. The van der Waals surface area contributed by atoms with E-state index in [4.69, 9.17) is 9.47 Å². The van der Waals surface area contributed by atoms with Crippen LogP contribution >= 0.6 is 0 Å². The van der Waals surface area contributed by atoms with E-state index in [1.807, 2.05) is 0 Å². The van der Waals surface area contributed by atoms with Crippen LogP contribution in [0.4, 0.5) is 0 Å². The molecule has 1 atom stereocenters. The zero-order valence-corrected chi connectivity index (χ0v) is 5.93. The van der Waals surface area contributed by atoms with Gasteiger partial charge in [0.1, 0.15) is 0 Å². The van der Waals surface area contributed by atoms with Gasteiger partial charge >= 0.3 is 0 Å². The van der Waals surface area contributed by atoms with Crippen molar-refractivity contribution < 1.29 is 9.47 Å². The molecular weight excluding hydrogens is 116 g/mol. The summed E-state index contributed by atoms with van der Waals surface area (Å²) in [6, 6.07) is 0. The lowest BCUT2D eigenvalue weighted by Crippen LogP contribution is -2.26. The largest absolute Gasteiger partial charge is 0.385 e. The molecule has 0 aromatic carbocycles. The Kier molecular flexibility index (Phi) is 3.01. The van der Waals surface area contributed by atoms with Gasteiger partial charge in [0.2, 0.25) is 0 Å². The topological polar surface area (TPSA) is 18.5 Å². The van der Waals surface area contributed by atoms with E-state index in [-0.39, 0.29) is 0 Å². The maximum atomic E-state index is 5.22. The van der Waals surface area contributed by atoms with Gasteiger partial charge in [0.15, 0.2) is 0 Å². The highest BCUT2D eigenvalue weighted by atomic mass is 16.5. The first kappa shape index (κ1) is 7.03. The van der Waals surface area contributed by atoms with E-state index in [2.05, 4.69) is 0 Å². The minimum absolute atomic E-state index is 0.556. The molecule has 1 aliphatic heterocycles. The van der Waals surface area contributed by atoms with Crippen molar-refractivity contribution in [3.63, 3.8) is 0 Å². The number of hydrogen-bond acceptors (Lipinski definition) is 2. The van der Waals surface area contributed by atoms with E-state index in [0.717, 1.165) is 19.6 Å². The van der Waals surface area contributed by atoms with E-state index in [1.165, 1.54) is 12.8 Å². The van der Waals surface area contributed by atoms with Crippen molar-refractivity contribution in [1.82, 2.24) is 0 Å². The highest BCUT2D eigenvalue weighted by Crippen LogP contribution is 2.15. The second-order valence-electron chi connectivity index (χ2n) is 2.42. The van der Waals surface area contributed by atoms with Gasteiger partial charge in [-0.05, 0) is 19.3 Å². The number of ether oxygens (including phenoxy) is 2. The number of hydrogen-bond donors (Lipinski definition) is 0. The highest BCUT2D eigenvalue weighted by molar-refractivity contribution is 4.65. The summed E-state index contributed by atoms with van der Waals surface area (Å²) >= 11 is 0. The molecule has 0 radical (unpaired) electrons. The molecule has 0 bridgehead atoms. The molecular formula is C7H14O2. The third kappa shape index (κ3) is 2.33. The molecule has 0 aliphatic carbocycles. The Morgan fingerprint density at radius 2 is 2.44 bits per heavy atom. The van der Waals surface area contributed by atoms with Crippen LogP contribution in [0.5, 0.6) is 0 Å². The average Bonchev–Trinajstić information content (AvgIpc) is 1.76. The lowest BCUT2D eigenvalue weighted by Gasteiger charge is -2.25. The molecule has 0 aromatic rings. The van der Waals surface area contributed by atoms with Crippen LogP contribution in [0.15, 0.2) is 0 Å². The average molecular weight is 130 g/mol. The van der Waals surface area contributed by atoms with Crippen molar-refractivity contribution >= 4 is 0 Å². The Morgan fingerprint density at radius 3 is 2.89 bits per heavy atom. The Hall–Kier alpha value is -0.0800. The van der Waals surface area contributed by atoms with Crippen LogP contribution < -0.4 is 0 Å². The molecule has 54 valence electrons. The Balaban J connectivity index is 1.80. The van der Waals surface area contributed by atoms with Gasteiger partial charge in [0, 0.05) is 20.3 Å².